The Hall–Kier alpha value is -2.20. The van der Waals surface area contributed by atoms with Crippen LogP contribution in [0.15, 0.2) is 41.4 Å². The number of hydrogen-bond donors (Lipinski definition) is 1. The monoisotopic (exact) mass is 319 g/mol. The molecule has 0 aliphatic carbocycles. The lowest BCUT2D eigenvalue weighted by Crippen LogP contribution is -1.95. The molecule has 0 aliphatic heterocycles. The largest absolute Gasteiger partial charge is 0.507 e. The van der Waals surface area contributed by atoms with E-state index in [9.17, 15) is 5.11 Å². The van der Waals surface area contributed by atoms with Gasteiger partial charge in [0, 0.05) is 23.3 Å². The SMILES string of the molecule is COc1ccc(CCN=Cc2cc(Cl)ccc2O)cc1OC. The van der Waals surface area contributed by atoms with Gasteiger partial charge in [-0.2, -0.15) is 0 Å². The lowest BCUT2D eigenvalue weighted by molar-refractivity contribution is 0.354. The van der Waals surface area contributed by atoms with Crippen LogP contribution in [-0.2, 0) is 6.42 Å². The van der Waals surface area contributed by atoms with E-state index in [4.69, 9.17) is 21.1 Å². The van der Waals surface area contributed by atoms with Gasteiger partial charge < -0.3 is 14.6 Å². The Bertz CT molecular complexity index is 671. The Morgan fingerprint density at radius 2 is 1.86 bits per heavy atom. The number of ether oxygens (including phenoxy) is 2. The Morgan fingerprint density at radius 1 is 1.09 bits per heavy atom. The summed E-state index contributed by atoms with van der Waals surface area (Å²) in [5.41, 5.74) is 1.71. The smallest absolute Gasteiger partial charge is 0.160 e. The quantitative estimate of drug-likeness (QED) is 0.825. The maximum absolute atomic E-state index is 9.70. The number of aliphatic imine (C=N–C) groups is 1. The number of benzene rings is 2. The van der Waals surface area contributed by atoms with Crippen molar-refractivity contribution in [2.75, 3.05) is 20.8 Å². The number of methoxy groups -OCH3 is 2. The van der Waals surface area contributed by atoms with Crippen LogP contribution in [0.2, 0.25) is 5.02 Å². The molecule has 0 saturated heterocycles. The molecule has 5 heteroatoms. The highest BCUT2D eigenvalue weighted by atomic mass is 35.5. The van der Waals surface area contributed by atoms with Crippen LogP contribution in [0.4, 0.5) is 0 Å². The minimum atomic E-state index is 0.166. The molecule has 0 aromatic heterocycles. The second-order valence-electron chi connectivity index (χ2n) is 4.68. The molecule has 2 aromatic rings. The minimum Gasteiger partial charge on any atom is -0.507 e. The molecule has 116 valence electrons. The number of halogens is 1. The molecule has 0 saturated carbocycles. The lowest BCUT2D eigenvalue weighted by Gasteiger charge is -2.08. The fourth-order valence-electron chi connectivity index (χ4n) is 2.02. The molecular weight excluding hydrogens is 302 g/mol. The van der Waals surface area contributed by atoms with E-state index in [-0.39, 0.29) is 5.75 Å². The van der Waals surface area contributed by atoms with E-state index in [1.54, 1.807) is 38.6 Å². The summed E-state index contributed by atoms with van der Waals surface area (Å²) in [4.78, 5) is 4.32. The summed E-state index contributed by atoms with van der Waals surface area (Å²) in [5, 5.41) is 10.3. The van der Waals surface area contributed by atoms with E-state index in [0.29, 0.717) is 28.6 Å². The van der Waals surface area contributed by atoms with E-state index >= 15 is 0 Å². The van der Waals surface area contributed by atoms with Crippen molar-refractivity contribution >= 4 is 17.8 Å². The Labute approximate surface area is 135 Å². The molecule has 0 radical (unpaired) electrons. The van der Waals surface area contributed by atoms with E-state index in [1.165, 1.54) is 0 Å². The van der Waals surface area contributed by atoms with Crippen molar-refractivity contribution in [1.82, 2.24) is 0 Å². The maximum atomic E-state index is 9.70. The fourth-order valence-corrected chi connectivity index (χ4v) is 2.20. The van der Waals surface area contributed by atoms with E-state index < -0.39 is 0 Å². The van der Waals surface area contributed by atoms with Gasteiger partial charge in [0.1, 0.15) is 5.75 Å². The number of phenolic OH excluding ortho intramolecular Hbond substituents is 1. The third-order valence-corrected chi connectivity index (χ3v) is 3.43. The van der Waals surface area contributed by atoms with Crippen molar-refractivity contribution in [2.45, 2.75) is 6.42 Å². The van der Waals surface area contributed by atoms with Crippen LogP contribution >= 0.6 is 11.6 Å². The summed E-state index contributed by atoms with van der Waals surface area (Å²) in [5.74, 6) is 1.58. The van der Waals surface area contributed by atoms with Crippen molar-refractivity contribution < 1.29 is 14.6 Å². The Morgan fingerprint density at radius 3 is 2.59 bits per heavy atom. The average molecular weight is 320 g/mol. The molecule has 0 unspecified atom stereocenters. The van der Waals surface area contributed by atoms with Crippen LogP contribution < -0.4 is 9.47 Å². The van der Waals surface area contributed by atoms with Crippen molar-refractivity contribution in [3.63, 3.8) is 0 Å². The van der Waals surface area contributed by atoms with Gasteiger partial charge >= 0.3 is 0 Å². The summed E-state index contributed by atoms with van der Waals surface area (Å²) < 4.78 is 10.5. The summed E-state index contributed by atoms with van der Waals surface area (Å²) in [6.45, 7) is 0.599. The van der Waals surface area contributed by atoms with Gasteiger partial charge in [0.25, 0.3) is 0 Å². The number of nitrogens with zero attached hydrogens (tertiary/aromatic N) is 1. The topological polar surface area (TPSA) is 51.0 Å². The van der Waals surface area contributed by atoms with Crippen LogP contribution in [0.3, 0.4) is 0 Å². The summed E-state index contributed by atoms with van der Waals surface area (Å²) in [6, 6.07) is 10.7. The highest BCUT2D eigenvalue weighted by molar-refractivity contribution is 6.30. The van der Waals surface area contributed by atoms with Crippen molar-refractivity contribution in [1.29, 1.82) is 0 Å². The Kier molecular flexibility index (Phi) is 5.67. The molecule has 0 amide bonds. The average Bonchev–Trinajstić information content (AvgIpc) is 2.54. The molecule has 0 heterocycles. The molecule has 2 aromatic carbocycles. The first kappa shape index (κ1) is 16.2. The van der Waals surface area contributed by atoms with Crippen molar-refractivity contribution in [2.24, 2.45) is 4.99 Å². The predicted octanol–water partition coefficient (Wildman–Crippen LogP) is 3.72. The molecule has 0 aliphatic rings. The zero-order chi connectivity index (χ0) is 15.9. The van der Waals surface area contributed by atoms with Crippen molar-refractivity contribution in [3.05, 3.63) is 52.5 Å². The second-order valence-corrected chi connectivity index (χ2v) is 5.11. The molecular formula is C17H18ClNO3. The van der Waals surface area contributed by atoms with Crippen LogP contribution in [0.25, 0.3) is 0 Å². The maximum Gasteiger partial charge on any atom is 0.160 e. The molecule has 0 bridgehead atoms. The zero-order valence-electron chi connectivity index (χ0n) is 12.5. The normalized spacial score (nSPS) is 10.9. The predicted molar refractivity (Wildman–Crippen MR) is 88.8 cm³/mol. The third-order valence-electron chi connectivity index (χ3n) is 3.20. The third kappa shape index (κ3) is 4.15. The standard InChI is InChI=1S/C17H18ClNO3/c1-21-16-6-3-12(9-17(16)22-2)7-8-19-11-13-10-14(18)4-5-15(13)20/h3-6,9-11,20H,7-8H2,1-2H3. The Balaban J connectivity index is 1.98. The minimum absolute atomic E-state index is 0.166. The molecule has 0 atom stereocenters. The summed E-state index contributed by atoms with van der Waals surface area (Å²) in [7, 11) is 3.22. The molecule has 4 nitrogen and oxygen atoms in total. The van der Waals surface area contributed by atoms with Crippen LogP contribution in [-0.4, -0.2) is 32.1 Å². The first-order valence-corrected chi connectivity index (χ1v) is 7.21. The highest BCUT2D eigenvalue weighted by Crippen LogP contribution is 2.27. The van der Waals surface area contributed by atoms with Gasteiger partial charge in [-0.05, 0) is 42.3 Å². The fraction of sp³-hybridized carbons (Fsp3) is 0.235. The van der Waals surface area contributed by atoms with Crippen molar-refractivity contribution in [3.8, 4) is 17.2 Å². The van der Waals surface area contributed by atoms with Gasteiger partial charge in [-0.25, -0.2) is 0 Å². The van der Waals surface area contributed by atoms with Crippen LogP contribution in [0, 0.1) is 0 Å². The number of rotatable bonds is 6. The van der Waals surface area contributed by atoms with Gasteiger partial charge in [0.05, 0.1) is 14.2 Å². The molecule has 22 heavy (non-hydrogen) atoms. The van der Waals surface area contributed by atoms with Gasteiger partial charge in [-0.1, -0.05) is 17.7 Å². The molecule has 0 fully saturated rings. The van der Waals surface area contributed by atoms with E-state index in [0.717, 1.165) is 12.0 Å². The van der Waals surface area contributed by atoms with E-state index in [1.807, 2.05) is 18.2 Å². The van der Waals surface area contributed by atoms with E-state index in [2.05, 4.69) is 4.99 Å². The first-order chi connectivity index (χ1) is 10.6. The zero-order valence-corrected chi connectivity index (χ0v) is 13.3. The number of phenols is 1. The van der Waals surface area contributed by atoms with Crippen LogP contribution in [0.1, 0.15) is 11.1 Å². The molecule has 0 spiro atoms. The molecule has 1 N–H and O–H groups in total. The van der Waals surface area contributed by atoms with Gasteiger partial charge in [0.15, 0.2) is 11.5 Å². The van der Waals surface area contributed by atoms with Crippen LogP contribution in [0.5, 0.6) is 17.2 Å². The lowest BCUT2D eigenvalue weighted by atomic mass is 10.1. The van der Waals surface area contributed by atoms with Gasteiger partial charge in [0.2, 0.25) is 0 Å². The second kappa shape index (κ2) is 7.71. The number of hydrogen-bond acceptors (Lipinski definition) is 4. The van der Waals surface area contributed by atoms with Gasteiger partial charge in [-0.3, -0.25) is 4.99 Å². The number of aromatic hydroxyl groups is 1. The molecule has 2 rings (SSSR count). The highest BCUT2D eigenvalue weighted by Gasteiger charge is 2.04. The first-order valence-electron chi connectivity index (χ1n) is 6.83. The summed E-state index contributed by atoms with van der Waals surface area (Å²) >= 11 is 5.89. The van der Waals surface area contributed by atoms with Gasteiger partial charge in [-0.15, -0.1) is 0 Å². The summed E-state index contributed by atoms with van der Waals surface area (Å²) in [6.07, 6.45) is 2.39.